The standard InChI is InChI=1S/C31H37O9P/c1-3-36-41(32,37-4-2)40-31-29(34-21-24-16-10-6-11-17-24)28(33-20-23-14-8-5-9-15-23)27-26(38-31)22-35-30(39-27)25-18-12-7-13-19-25/h5-19,26-31H,3-4,20-22H2,1-2H3/t26-,27-,28+,29+,30-,31-/m1/s1. The monoisotopic (exact) mass is 584 g/mol. The van der Waals surface area contributed by atoms with Crippen LogP contribution in [0.3, 0.4) is 0 Å². The second-order valence-electron chi connectivity index (χ2n) is 9.63. The summed E-state index contributed by atoms with van der Waals surface area (Å²) >= 11 is 0. The van der Waals surface area contributed by atoms with Gasteiger partial charge in [0, 0.05) is 5.56 Å². The molecule has 3 aromatic carbocycles. The summed E-state index contributed by atoms with van der Waals surface area (Å²) < 4.78 is 62.2. The van der Waals surface area contributed by atoms with Crippen molar-refractivity contribution < 1.29 is 41.8 Å². The fraction of sp³-hybridized carbons (Fsp3) is 0.419. The summed E-state index contributed by atoms with van der Waals surface area (Å²) in [7, 11) is -3.97. The molecule has 2 heterocycles. The van der Waals surface area contributed by atoms with Gasteiger partial charge in [-0.1, -0.05) is 91.0 Å². The van der Waals surface area contributed by atoms with Crippen molar-refractivity contribution in [2.75, 3.05) is 19.8 Å². The third kappa shape index (κ3) is 7.90. The second kappa shape index (κ2) is 14.6. The molecule has 0 radical (unpaired) electrons. The lowest BCUT2D eigenvalue weighted by Crippen LogP contribution is -2.63. The third-order valence-corrected chi connectivity index (χ3v) is 8.35. The molecule has 0 amide bonds. The molecule has 5 rings (SSSR count). The number of fused-ring (bicyclic) bond motifs is 1. The summed E-state index contributed by atoms with van der Waals surface area (Å²) in [6.45, 7) is 4.43. The zero-order valence-electron chi connectivity index (χ0n) is 23.3. The Bertz CT molecular complexity index is 1220. The highest BCUT2D eigenvalue weighted by Gasteiger charge is 2.53. The van der Waals surface area contributed by atoms with E-state index in [9.17, 15) is 4.57 Å². The molecule has 3 aromatic rings. The van der Waals surface area contributed by atoms with Gasteiger partial charge < -0.3 is 23.7 Å². The molecule has 0 aromatic heterocycles. The molecule has 2 aliphatic rings. The normalized spacial score (nSPS) is 26.4. The van der Waals surface area contributed by atoms with Crippen LogP contribution in [-0.4, -0.2) is 50.5 Å². The van der Waals surface area contributed by atoms with Crippen molar-refractivity contribution in [2.24, 2.45) is 0 Å². The molecule has 9 nitrogen and oxygen atoms in total. The van der Waals surface area contributed by atoms with Gasteiger partial charge in [-0.25, -0.2) is 4.57 Å². The first-order chi connectivity index (χ1) is 20.1. The van der Waals surface area contributed by atoms with E-state index in [0.29, 0.717) is 6.61 Å². The molecule has 6 atom stereocenters. The molecular formula is C31H37O9P. The van der Waals surface area contributed by atoms with E-state index in [4.69, 9.17) is 37.3 Å². The highest BCUT2D eigenvalue weighted by atomic mass is 31.2. The van der Waals surface area contributed by atoms with Crippen LogP contribution in [-0.2, 0) is 55.0 Å². The van der Waals surface area contributed by atoms with Gasteiger partial charge in [0.2, 0.25) is 0 Å². The zero-order chi connectivity index (χ0) is 28.5. The molecular weight excluding hydrogens is 547 g/mol. The Morgan fingerprint density at radius 1 is 0.732 bits per heavy atom. The van der Waals surface area contributed by atoms with E-state index in [1.54, 1.807) is 13.8 Å². The fourth-order valence-corrected chi connectivity index (χ4v) is 6.10. The van der Waals surface area contributed by atoms with Crippen molar-refractivity contribution >= 4 is 7.82 Å². The summed E-state index contributed by atoms with van der Waals surface area (Å²) in [6, 6.07) is 29.3. The largest absolute Gasteiger partial charge is 0.477 e. The maximum Gasteiger partial charge on any atom is 0.477 e. The quantitative estimate of drug-likeness (QED) is 0.218. The van der Waals surface area contributed by atoms with Crippen LogP contribution in [0.5, 0.6) is 0 Å². The lowest BCUT2D eigenvalue weighted by molar-refractivity contribution is -0.363. The topological polar surface area (TPSA) is 90.9 Å². The number of phosphoric ester groups is 1. The third-order valence-electron chi connectivity index (χ3n) is 6.73. The Morgan fingerprint density at radius 2 is 1.27 bits per heavy atom. The van der Waals surface area contributed by atoms with Crippen LogP contribution < -0.4 is 0 Å². The van der Waals surface area contributed by atoms with E-state index >= 15 is 0 Å². The number of rotatable bonds is 13. The Balaban J connectivity index is 1.46. The molecule has 0 bridgehead atoms. The molecule has 2 fully saturated rings. The number of hydrogen-bond donors (Lipinski definition) is 0. The molecule has 0 unspecified atom stereocenters. The number of ether oxygens (including phenoxy) is 5. The van der Waals surface area contributed by atoms with Crippen molar-refractivity contribution in [2.45, 2.75) is 64.1 Å². The van der Waals surface area contributed by atoms with Gasteiger partial charge in [-0.05, 0) is 25.0 Å². The maximum absolute atomic E-state index is 13.5. The first kappa shape index (κ1) is 30.0. The van der Waals surface area contributed by atoms with Crippen molar-refractivity contribution in [3.63, 3.8) is 0 Å². The Morgan fingerprint density at radius 3 is 1.83 bits per heavy atom. The summed E-state index contributed by atoms with van der Waals surface area (Å²) in [6.07, 6.45) is -4.44. The van der Waals surface area contributed by atoms with E-state index in [-0.39, 0.29) is 26.4 Å². The highest BCUT2D eigenvalue weighted by molar-refractivity contribution is 7.48. The van der Waals surface area contributed by atoms with Gasteiger partial charge in [-0.15, -0.1) is 0 Å². The minimum atomic E-state index is -3.97. The van der Waals surface area contributed by atoms with Crippen molar-refractivity contribution in [3.8, 4) is 0 Å². The second-order valence-corrected chi connectivity index (χ2v) is 11.3. The minimum absolute atomic E-state index is 0.129. The Kier molecular flexibility index (Phi) is 10.7. The van der Waals surface area contributed by atoms with Gasteiger partial charge in [0.25, 0.3) is 0 Å². The van der Waals surface area contributed by atoms with Gasteiger partial charge in [-0.3, -0.25) is 13.6 Å². The molecule has 220 valence electrons. The van der Waals surface area contributed by atoms with Crippen LogP contribution in [0, 0.1) is 0 Å². The predicted octanol–water partition coefficient (Wildman–Crippen LogP) is 6.19. The van der Waals surface area contributed by atoms with Crippen LogP contribution >= 0.6 is 7.82 Å². The van der Waals surface area contributed by atoms with Crippen LogP contribution in [0.25, 0.3) is 0 Å². The van der Waals surface area contributed by atoms with Crippen LogP contribution in [0.4, 0.5) is 0 Å². The van der Waals surface area contributed by atoms with Gasteiger partial charge in [0.05, 0.1) is 33.0 Å². The van der Waals surface area contributed by atoms with Crippen LogP contribution in [0.1, 0.15) is 36.8 Å². The van der Waals surface area contributed by atoms with Crippen molar-refractivity contribution in [1.29, 1.82) is 0 Å². The molecule has 0 spiro atoms. The van der Waals surface area contributed by atoms with Gasteiger partial charge in [-0.2, -0.15) is 0 Å². The highest BCUT2D eigenvalue weighted by Crippen LogP contribution is 2.52. The first-order valence-corrected chi connectivity index (χ1v) is 15.4. The van der Waals surface area contributed by atoms with E-state index in [0.717, 1.165) is 16.7 Å². The molecule has 0 aliphatic carbocycles. The zero-order valence-corrected chi connectivity index (χ0v) is 24.2. The number of benzene rings is 3. The molecule has 10 heteroatoms. The average Bonchev–Trinajstić information content (AvgIpc) is 3.00. The Hall–Kier alpha value is -2.43. The number of phosphoric acid groups is 1. The minimum Gasteiger partial charge on any atom is -0.368 e. The smallest absolute Gasteiger partial charge is 0.368 e. The van der Waals surface area contributed by atoms with E-state index in [2.05, 4.69) is 0 Å². The summed E-state index contributed by atoms with van der Waals surface area (Å²) in [5, 5.41) is 0. The van der Waals surface area contributed by atoms with Crippen molar-refractivity contribution in [3.05, 3.63) is 108 Å². The van der Waals surface area contributed by atoms with E-state index in [1.807, 2.05) is 91.0 Å². The molecule has 2 saturated heterocycles. The summed E-state index contributed by atoms with van der Waals surface area (Å²) in [5.41, 5.74) is 2.81. The molecule has 41 heavy (non-hydrogen) atoms. The summed E-state index contributed by atoms with van der Waals surface area (Å²) in [5.74, 6) is 0. The first-order valence-electron chi connectivity index (χ1n) is 13.9. The predicted molar refractivity (Wildman–Crippen MR) is 151 cm³/mol. The van der Waals surface area contributed by atoms with Gasteiger partial charge in [0.15, 0.2) is 12.6 Å². The molecule has 2 aliphatic heterocycles. The van der Waals surface area contributed by atoms with Crippen molar-refractivity contribution in [1.82, 2.24) is 0 Å². The number of hydrogen-bond acceptors (Lipinski definition) is 9. The average molecular weight is 585 g/mol. The summed E-state index contributed by atoms with van der Waals surface area (Å²) in [4.78, 5) is 0. The molecule has 0 saturated carbocycles. The van der Waals surface area contributed by atoms with Gasteiger partial charge in [0.1, 0.15) is 24.4 Å². The van der Waals surface area contributed by atoms with Crippen LogP contribution in [0.2, 0.25) is 0 Å². The lowest BCUT2D eigenvalue weighted by atomic mass is 9.97. The maximum atomic E-state index is 13.5. The van der Waals surface area contributed by atoms with E-state index in [1.165, 1.54) is 0 Å². The molecule has 0 N–H and O–H groups in total. The van der Waals surface area contributed by atoms with E-state index < -0.39 is 44.8 Å². The lowest BCUT2D eigenvalue weighted by Gasteiger charge is -2.49. The fourth-order valence-electron chi connectivity index (χ4n) is 4.85. The van der Waals surface area contributed by atoms with Crippen LogP contribution in [0.15, 0.2) is 91.0 Å². The Labute approximate surface area is 241 Å². The SMILES string of the molecule is CCOP(=O)(OCC)O[C@H]1O[C@@H]2CO[C@@H](c3ccccc3)O[C@H]2[C@H](OCc2ccccc2)[C@@H]1OCc1ccccc1. The van der Waals surface area contributed by atoms with Gasteiger partial charge >= 0.3 is 7.82 Å².